The number of cyclic esters (lactones) is 1. The quantitative estimate of drug-likeness (QED) is 0.323. The van der Waals surface area contributed by atoms with E-state index >= 15 is 0 Å². The highest BCUT2D eigenvalue weighted by Gasteiger charge is 2.33. The molecular formula is C18H16N4O4S. The number of aryl methyl sites for hydroxylation is 1. The third-order valence-electron chi connectivity index (χ3n) is 4.67. The zero-order chi connectivity index (χ0) is 19.1. The first kappa shape index (κ1) is 17.5. The number of nitro groups is 1. The van der Waals surface area contributed by atoms with Gasteiger partial charge < -0.3 is 9.72 Å². The average molecular weight is 384 g/mol. The first-order chi connectivity index (χ1) is 12.9. The number of nitrogens with one attached hydrogen (secondary N) is 3. The molecule has 0 bridgehead atoms. The summed E-state index contributed by atoms with van der Waals surface area (Å²) in [4.78, 5) is 25.8. The molecule has 27 heavy (non-hydrogen) atoms. The molecule has 3 heterocycles. The Morgan fingerprint density at radius 2 is 2.19 bits per heavy atom. The number of hydrazine groups is 1. The SMILES string of the molecule is Cc1cc2c(c(=S)[nH]1)C(=O)O/C2=C\C1CNNC1c1cccc([N+](=O)[O-])c1. The number of rotatable bonds is 3. The van der Waals surface area contributed by atoms with Crippen LogP contribution in [0, 0.1) is 27.6 Å². The van der Waals surface area contributed by atoms with Crippen molar-refractivity contribution >= 4 is 29.6 Å². The highest BCUT2D eigenvalue weighted by Crippen LogP contribution is 2.35. The lowest BCUT2D eigenvalue weighted by atomic mass is 9.93. The van der Waals surface area contributed by atoms with E-state index < -0.39 is 10.9 Å². The van der Waals surface area contributed by atoms with Gasteiger partial charge in [-0.2, -0.15) is 0 Å². The van der Waals surface area contributed by atoms with E-state index in [0.717, 1.165) is 11.3 Å². The minimum absolute atomic E-state index is 0.0344. The lowest BCUT2D eigenvalue weighted by Crippen LogP contribution is -2.24. The van der Waals surface area contributed by atoms with Crippen LogP contribution in [-0.4, -0.2) is 22.4 Å². The van der Waals surface area contributed by atoms with Gasteiger partial charge in [0, 0.05) is 35.9 Å². The number of carbonyl (C=O) groups is 1. The van der Waals surface area contributed by atoms with Crippen molar-refractivity contribution in [2.45, 2.75) is 13.0 Å². The molecular weight excluding hydrogens is 368 g/mol. The van der Waals surface area contributed by atoms with E-state index in [1.165, 1.54) is 6.07 Å². The molecule has 9 heteroatoms. The molecule has 138 valence electrons. The first-order valence-electron chi connectivity index (χ1n) is 8.35. The van der Waals surface area contributed by atoms with Gasteiger partial charge in [-0.1, -0.05) is 24.4 Å². The van der Waals surface area contributed by atoms with E-state index in [-0.39, 0.29) is 17.6 Å². The Bertz CT molecular complexity index is 1050. The summed E-state index contributed by atoms with van der Waals surface area (Å²) >= 11 is 5.25. The number of carbonyl (C=O) groups excluding carboxylic acids is 1. The summed E-state index contributed by atoms with van der Waals surface area (Å²) in [5.74, 6) is -0.0775. The third-order valence-corrected chi connectivity index (χ3v) is 4.98. The smallest absolute Gasteiger partial charge is 0.347 e. The summed E-state index contributed by atoms with van der Waals surface area (Å²) in [6.07, 6.45) is 1.87. The maximum absolute atomic E-state index is 12.2. The van der Waals surface area contributed by atoms with Crippen LogP contribution < -0.4 is 10.9 Å². The van der Waals surface area contributed by atoms with Crippen molar-refractivity contribution < 1.29 is 14.5 Å². The Morgan fingerprint density at radius 1 is 1.37 bits per heavy atom. The number of esters is 1. The fraction of sp³-hybridized carbons (Fsp3) is 0.222. The molecule has 0 amide bonds. The molecule has 3 N–H and O–H groups in total. The number of ether oxygens (including phenoxy) is 1. The van der Waals surface area contributed by atoms with Crippen molar-refractivity contribution in [1.29, 1.82) is 0 Å². The third kappa shape index (κ3) is 3.16. The van der Waals surface area contributed by atoms with Crippen LogP contribution >= 0.6 is 12.2 Å². The number of non-ortho nitro benzene ring substituents is 1. The number of hydrogen-bond donors (Lipinski definition) is 3. The van der Waals surface area contributed by atoms with E-state index in [1.54, 1.807) is 12.1 Å². The largest absolute Gasteiger partial charge is 0.422 e. The molecule has 2 unspecified atom stereocenters. The van der Waals surface area contributed by atoms with Crippen LogP contribution in [-0.2, 0) is 4.74 Å². The Kier molecular flexibility index (Phi) is 4.34. The van der Waals surface area contributed by atoms with Crippen LogP contribution in [0.2, 0.25) is 0 Å². The Labute approximate surface area is 159 Å². The monoisotopic (exact) mass is 384 g/mol. The van der Waals surface area contributed by atoms with Gasteiger partial charge in [-0.05, 0) is 24.6 Å². The summed E-state index contributed by atoms with van der Waals surface area (Å²) in [6.45, 7) is 2.45. The molecule has 2 aliphatic heterocycles. The molecule has 2 atom stereocenters. The van der Waals surface area contributed by atoms with E-state index in [2.05, 4.69) is 15.8 Å². The molecule has 2 aliphatic rings. The van der Waals surface area contributed by atoms with Crippen LogP contribution in [0.25, 0.3) is 5.76 Å². The van der Waals surface area contributed by atoms with Crippen molar-refractivity contribution in [3.8, 4) is 0 Å². The van der Waals surface area contributed by atoms with Crippen LogP contribution in [0.3, 0.4) is 0 Å². The summed E-state index contributed by atoms with van der Waals surface area (Å²) < 4.78 is 5.81. The van der Waals surface area contributed by atoms with Crippen molar-refractivity contribution in [1.82, 2.24) is 15.8 Å². The van der Waals surface area contributed by atoms with Crippen LogP contribution in [0.5, 0.6) is 0 Å². The second kappa shape index (κ2) is 6.69. The van der Waals surface area contributed by atoms with Crippen molar-refractivity contribution in [2.24, 2.45) is 5.92 Å². The highest BCUT2D eigenvalue weighted by molar-refractivity contribution is 7.71. The molecule has 0 saturated carbocycles. The van der Waals surface area contributed by atoms with Crippen molar-refractivity contribution in [3.05, 3.63) is 73.5 Å². The van der Waals surface area contributed by atoms with E-state index in [1.807, 2.05) is 25.1 Å². The maximum atomic E-state index is 12.2. The fourth-order valence-electron chi connectivity index (χ4n) is 3.44. The van der Waals surface area contributed by atoms with Crippen LogP contribution in [0.1, 0.15) is 33.2 Å². The van der Waals surface area contributed by atoms with Gasteiger partial charge in [0.15, 0.2) is 0 Å². The van der Waals surface area contributed by atoms with Gasteiger partial charge in [0.2, 0.25) is 0 Å². The van der Waals surface area contributed by atoms with Gasteiger partial charge in [0.25, 0.3) is 5.69 Å². The summed E-state index contributed by atoms with van der Waals surface area (Å²) in [5, 5.41) is 11.1. The summed E-state index contributed by atoms with van der Waals surface area (Å²) in [7, 11) is 0. The number of aromatic amines is 1. The number of pyridine rings is 1. The van der Waals surface area contributed by atoms with E-state index in [4.69, 9.17) is 17.0 Å². The van der Waals surface area contributed by atoms with Gasteiger partial charge in [-0.15, -0.1) is 0 Å². The van der Waals surface area contributed by atoms with Crippen LogP contribution in [0.15, 0.2) is 36.4 Å². The summed E-state index contributed by atoms with van der Waals surface area (Å²) in [6, 6.07) is 8.13. The lowest BCUT2D eigenvalue weighted by Gasteiger charge is -2.16. The molecule has 1 aromatic heterocycles. The zero-order valence-electron chi connectivity index (χ0n) is 14.3. The average Bonchev–Trinajstić information content (AvgIpc) is 3.20. The Balaban J connectivity index is 1.71. The first-order valence-corrected chi connectivity index (χ1v) is 8.76. The minimum atomic E-state index is -0.469. The zero-order valence-corrected chi connectivity index (χ0v) is 15.1. The Hall–Kier alpha value is -2.88. The summed E-state index contributed by atoms with van der Waals surface area (Å²) in [5.41, 5.74) is 8.90. The van der Waals surface area contributed by atoms with E-state index in [0.29, 0.717) is 28.1 Å². The number of H-pyrrole nitrogens is 1. The second-order valence-corrected chi connectivity index (χ2v) is 6.92. The second-order valence-electron chi connectivity index (χ2n) is 6.51. The molecule has 4 rings (SSSR count). The number of benzene rings is 1. The number of hydrogen-bond acceptors (Lipinski definition) is 7. The van der Waals surface area contributed by atoms with Gasteiger partial charge in [0.05, 0.1) is 11.0 Å². The standard InChI is InChI=1S/C18H16N4O4S/c1-9-5-13-14(26-18(23)15(13)17(27)20-9)7-11-8-19-21-16(11)10-3-2-4-12(6-10)22(24)25/h2-7,11,16,19,21H,8H2,1H3,(H,20,27)/b14-7-. The molecule has 0 radical (unpaired) electrons. The minimum Gasteiger partial charge on any atom is -0.422 e. The molecule has 1 aromatic carbocycles. The maximum Gasteiger partial charge on any atom is 0.347 e. The van der Waals surface area contributed by atoms with E-state index in [9.17, 15) is 14.9 Å². The van der Waals surface area contributed by atoms with Gasteiger partial charge >= 0.3 is 5.97 Å². The molecule has 2 aromatic rings. The van der Waals surface area contributed by atoms with Gasteiger partial charge in [-0.3, -0.25) is 15.5 Å². The number of nitro benzene ring substituents is 1. The Morgan fingerprint density at radius 3 is 2.96 bits per heavy atom. The number of fused-ring (bicyclic) bond motifs is 1. The predicted molar refractivity (Wildman–Crippen MR) is 100 cm³/mol. The molecule has 1 fully saturated rings. The van der Waals surface area contributed by atoms with Crippen molar-refractivity contribution in [3.63, 3.8) is 0 Å². The molecule has 8 nitrogen and oxygen atoms in total. The molecule has 1 saturated heterocycles. The number of nitrogens with zero attached hydrogens (tertiary/aromatic N) is 1. The predicted octanol–water partition coefficient (Wildman–Crippen LogP) is 2.94. The molecule has 0 spiro atoms. The van der Waals surface area contributed by atoms with Gasteiger partial charge in [0.1, 0.15) is 16.0 Å². The topological polar surface area (TPSA) is 109 Å². The van der Waals surface area contributed by atoms with Gasteiger partial charge in [-0.25, -0.2) is 10.2 Å². The lowest BCUT2D eigenvalue weighted by molar-refractivity contribution is -0.384. The number of aromatic nitrogens is 1. The fourth-order valence-corrected chi connectivity index (χ4v) is 3.79. The van der Waals surface area contributed by atoms with Crippen LogP contribution in [0.4, 0.5) is 5.69 Å². The normalized spacial score (nSPS) is 22.7. The van der Waals surface area contributed by atoms with Crippen molar-refractivity contribution in [2.75, 3.05) is 6.54 Å². The highest BCUT2D eigenvalue weighted by atomic mass is 32.1. The molecule has 0 aliphatic carbocycles.